The highest BCUT2D eigenvalue weighted by Crippen LogP contribution is 2.24. The molecule has 2 aromatic rings. The largest absolute Gasteiger partial charge is 0.349 e. The molecule has 3 nitrogen and oxygen atoms in total. The van der Waals surface area contributed by atoms with Gasteiger partial charge in [0, 0.05) is 21.1 Å². The van der Waals surface area contributed by atoms with Crippen LogP contribution in [-0.2, 0) is 17.9 Å². The van der Waals surface area contributed by atoms with Gasteiger partial charge in [-0.2, -0.15) is 0 Å². The number of hydrogen-bond acceptors (Lipinski definition) is 1. The molecule has 0 fully saturated rings. The number of benzene rings is 1. The molecule has 15 heavy (non-hydrogen) atoms. The molecule has 3 rings (SSSR count). The van der Waals surface area contributed by atoms with Gasteiger partial charge in [0.2, 0.25) is 5.91 Å². The van der Waals surface area contributed by atoms with Crippen LogP contribution in [0.4, 0.5) is 0 Å². The van der Waals surface area contributed by atoms with Gasteiger partial charge in [-0.15, -0.1) is 0 Å². The number of amides is 1. The number of hydrogen-bond donors (Lipinski definition) is 1. The average Bonchev–Trinajstić information content (AvgIpc) is 2.54. The van der Waals surface area contributed by atoms with E-state index in [4.69, 9.17) is 0 Å². The van der Waals surface area contributed by atoms with Gasteiger partial charge < -0.3 is 9.88 Å². The first-order valence-corrected chi connectivity index (χ1v) is 5.58. The van der Waals surface area contributed by atoms with Crippen molar-refractivity contribution in [3.8, 4) is 0 Å². The number of carbonyl (C=O) groups is 1. The Balaban J connectivity index is 2.28. The molecule has 0 saturated heterocycles. The Hall–Kier alpha value is -1.29. The van der Waals surface area contributed by atoms with E-state index < -0.39 is 0 Å². The van der Waals surface area contributed by atoms with E-state index in [0.717, 1.165) is 9.99 Å². The van der Waals surface area contributed by atoms with Crippen LogP contribution in [0.3, 0.4) is 0 Å². The minimum absolute atomic E-state index is 0.0860. The first-order valence-electron chi connectivity index (χ1n) is 4.78. The molecule has 0 saturated carbocycles. The van der Waals surface area contributed by atoms with Crippen LogP contribution < -0.4 is 5.32 Å². The number of halogens is 1. The summed E-state index contributed by atoms with van der Waals surface area (Å²) in [6.07, 6.45) is 0. The van der Waals surface area contributed by atoms with Gasteiger partial charge in [0.05, 0.1) is 6.54 Å². The van der Waals surface area contributed by atoms with Crippen LogP contribution >= 0.6 is 15.9 Å². The molecule has 0 bridgehead atoms. The maximum Gasteiger partial charge on any atom is 0.240 e. The minimum atomic E-state index is 0.0860. The van der Waals surface area contributed by atoms with Crippen molar-refractivity contribution in [1.29, 1.82) is 0 Å². The lowest BCUT2D eigenvalue weighted by Crippen LogP contribution is -2.33. The van der Waals surface area contributed by atoms with Crippen molar-refractivity contribution in [2.75, 3.05) is 0 Å². The molecule has 1 aromatic heterocycles. The third kappa shape index (κ3) is 1.36. The van der Waals surface area contributed by atoms with Gasteiger partial charge in [0.1, 0.15) is 6.54 Å². The number of fused-ring (bicyclic) bond motifs is 3. The Morgan fingerprint density at radius 2 is 2.20 bits per heavy atom. The molecule has 1 N–H and O–H groups in total. The molecule has 1 aromatic carbocycles. The van der Waals surface area contributed by atoms with Crippen LogP contribution in [0.15, 0.2) is 28.7 Å². The molecule has 1 aliphatic heterocycles. The van der Waals surface area contributed by atoms with Crippen molar-refractivity contribution in [1.82, 2.24) is 9.88 Å². The van der Waals surface area contributed by atoms with Crippen LogP contribution in [0.25, 0.3) is 10.9 Å². The standard InChI is InChI=1S/C11H9BrN2O/c12-8-1-2-10-7(3-8)4-9-5-13-11(15)6-14(9)10/h1-4H,5-6H2,(H,13,15). The lowest BCUT2D eigenvalue weighted by Gasteiger charge is -2.16. The van der Waals surface area contributed by atoms with Crippen molar-refractivity contribution < 1.29 is 4.79 Å². The van der Waals surface area contributed by atoms with Crippen molar-refractivity contribution in [3.63, 3.8) is 0 Å². The van der Waals surface area contributed by atoms with Crippen molar-refractivity contribution in [2.45, 2.75) is 13.1 Å². The topological polar surface area (TPSA) is 34.0 Å². The monoisotopic (exact) mass is 264 g/mol. The SMILES string of the molecule is O=C1Cn2c(cc3cc(Br)ccc32)CN1. The van der Waals surface area contributed by atoms with Gasteiger partial charge in [-0.3, -0.25) is 4.79 Å². The van der Waals surface area contributed by atoms with Crippen molar-refractivity contribution in [2.24, 2.45) is 0 Å². The summed E-state index contributed by atoms with van der Waals surface area (Å²) < 4.78 is 3.14. The van der Waals surface area contributed by atoms with Crippen molar-refractivity contribution in [3.05, 3.63) is 34.4 Å². The molecule has 2 heterocycles. The molecule has 76 valence electrons. The zero-order valence-corrected chi connectivity index (χ0v) is 9.54. The number of aromatic nitrogens is 1. The molecular formula is C11H9BrN2O. The third-order valence-corrected chi connectivity index (χ3v) is 3.21. The van der Waals surface area contributed by atoms with E-state index in [9.17, 15) is 4.79 Å². The van der Waals surface area contributed by atoms with Gasteiger partial charge in [0.15, 0.2) is 0 Å². The highest BCUT2D eigenvalue weighted by Gasteiger charge is 2.16. The number of nitrogens with one attached hydrogen (secondary N) is 1. The molecule has 0 unspecified atom stereocenters. The van der Waals surface area contributed by atoms with E-state index in [0.29, 0.717) is 13.1 Å². The van der Waals surface area contributed by atoms with Gasteiger partial charge >= 0.3 is 0 Å². The molecule has 4 heteroatoms. The Labute approximate surface area is 95.2 Å². The predicted octanol–water partition coefficient (Wildman–Crippen LogP) is 2.03. The highest BCUT2D eigenvalue weighted by molar-refractivity contribution is 9.10. The fourth-order valence-electron chi connectivity index (χ4n) is 2.02. The number of rotatable bonds is 0. The first-order chi connectivity index (χ1) is 7.24. The van der Waals surface area contributed by atoms with E-state index in [1.54, 1.807) is 0 Å². The predicted molar refractivity (Wildman–Crippen MR) is 61.5 cm³/mol. The van der Waals surface area contributed by atoms with Gasteiger partial charge in [0.25, 0.3) is 0 Å². The second kappa shape index (κ2) is 3.10. The molecule has 1 amide bonds. The molecule has 0 aliphatic carbocycles. The molecule has 0 spiro atoms. The summed E-state index contributed by atoms with van der Waals surface area (Å²) in [7, 11) is 0. The maximum absolute atomic E-state index is 11.3. The van der Waals surface area contributed by atoms with E-state index >= 15 is 0 Å². The average molecular weight is 265 g/mol. The van der Waals surface area contributed by atoms with E-state index in [2.05, 4.69) is 37.9 Å². The van der Waals surface area contributed by atoms with Crippen LogP contribution in [0.5, 0.6) is 0 Å². The fourth-order valence-corrected chi connectivity index (χ4v) is 2.40. The highest BCUT2D eigenvalue weighted by atomic mass is 79.9. The number of nitrogens with zero attached hydrogens (tertiary/aromatic N) is 1. The molecule has 0 atom stereocenters. The summed E-state index contributed by atoms with van der Waals surface area (Å²) in [5.41, 5.74) is 2.30. The Morgan fingerprint density at radius 3 is 3.07 bits per heavy atom. The van der Waals surface area contributed by atoms with Crippen LogP contribution in [0.2, 0.25) is 0 Å². The lowest BCUT2D eigenvalue weighted by molar-refractivity contribution is -0.122. The normalized spacial score (nSPS) is 15.1. The Kier molecular flexibility index (Phi) is 1.85. The lowest BCUT2D eigenvalue weighted by atomic mass is 10.2. The van der Waals surface area contributed by atoms with Crippen molar-refractivity contribution >= 4 is 32.7 Å². The molecular weight excluding hydrogens is 256 g/mol. The van der Waals surface area contributed by atoms with Crippen LogP contribution in [-0.4, -0.2) is 10.5 Å². The Bertz CT molecular complexity index is 559. The second-order valence-corrected chi connectivity index (χ2v) is 4.62. The first kappa shape index (κ1) is 8.97. The molecule has 1 aliphatic rings. The van der Waals surface area contributed by atoms with E-state index in [1.807, 2.05) is 12.1 Å². The van der Waals surface area contributed by atoms with Crippen LogP contribution in [0.1, 0.15) is 5.69 Å². The Morgan fingerprint density at radius 1 is 1.33 bits per heavy atom. The smallest absolute Gasteiger partial charge is 0.240 e. The van der Waals surface area contributed by atoms with E-state index in [-0.39, 0.29) is 5.91 Å². The zero-order valence-electron chi connectivity index (χ0n) is 7.96. The molecule has 0 radical (unpaired) electrons. The quantitative estimate of drug-likeness (QED) is 0.777. The summed E-state index contributed by atoms with van der Waals surface area (Å²) in [5.74, 6) is 0.0860. The summed E-state index contributed by atoms with van der Waals surface area (Å²) in [6.45, 7) is 1.06. The number of carbonyl (C=O) groups excluding carboxylic acids is 1. The minimum Gasteiger partial charge on any atom is -0.349 e. The maximum atomic E-state index is 11.3. The summed E-state index contributed by atoms with van der Waals surface area (Å²) in [5, 5.41) is 4.02. The summed E-state index contributed by atoms with van der Waals surface area (Å²) >= 11 is 3.45. The summed E-state index contributed by atoms with van der Waals surface area (Å²) in [4.78, 5) is 11.3. The zero-order chi connectivity index (χ0) is 10.4. The van der Waals surface area contributed by atoms with Gasteiger partial charge in [-0.25, -0.2) is 0 Å². The van der Waals surface area contributed by atoms with Gasteiger partial charge in [-0.05, 0) is 24.3 Å². The second-order valence-electron chi connectivity index (χ2n) is 3.70. The summed E-state index contributed by atoms with van der Waals surface area (Å²) in [6, 6.07) is 8.24. The van der Waals surface area contributed by atoms with E-state index in [1.165, 1.54) is 11.1 Å². The van der Waals surface area contributed by atoms with Crippen LogP contribution in [0, 0.1) is 0 Å². The fraction of sp³-hybridized carbons (Fsp3) is 0.182. The third-order valence-electron chi connectivity index (χ3n) is 2.72. The van der Waals surface area contributed by atoms with Gasteiger partial charge in [-0.1, -0.05) is 15.9 Å².